The maximum absolute atomic E-state index is 11.5. The Kier molecular flexibility index (Phi) is 6.23. The smallest absolute Gasteiger partial charge is 0.315 e. The van der Waals surface area contributed by atoms with Gasteiger partial charge in [-0.25, -0.2) is 4.79 Å². The lowest BCUT2D eigenvalue weighted by Gasteiger charge is -2.28. The maximum atomic E-state index is 11.5. The highest BCUT2D eigenvalue weighted by Gasteiger charge is 2.21. The zero-order chi connectivity index (χ0) is 11.8. The normalized spacial score (nSPS) is 19.1. The molecule has 16 heavy (non-hydrogen) atoms. The highest BCUT2D eigenvalue weighted by molar-refractivity contribution is 5.74. The van der Waals surface area contributed by atoms with E-state index in [9.17, 15) is 4.79 Å². The van der Waals surface area contributed by atoms with Gasteiger partial charge in [-0.05, 0) is 32.1 Å². The molecule has 1 fully saturated rings. The number of hydrogen-bond acceptors (Lipinski definition) is 2. The van der Waals surface area contributed by atoms with Crippen LogP contribution in [0.15, 0.2) is 0 Å². The summed E-state index contributed by atoms with van der Waals surface area (Å²) in [6, 6.07) is 0.206. The van der Waals surface area contributed by atoms with Crippen LogP contribution in [-0.2, 0) is 4.74 Å². The highest BCUT2D eigenvalue weighted by atomic mass is 16.5. The average Bonchev–Trinajstić information content (AvgIpc) is 2.30. The molecule has 1 rings (SSSR count). The lowest BCUT2D eigenvalue weighted by Crippen LogP contribution is -2.45. The molecule has 1 atom stereocenters. The van der Waals surface area contributed by atoms with Crippen LogP contribution in [0.1, 0.15) is 39.5 Å². The molecule has 0 radical (unpaired) electrons. The van der Waals surface area contributed by atoms with Gasteiger partial charge >= 0.3 is 6.03 Å². The molecule has 4 nitrogen and oxygen atoms in total. The van der Waals surface area contributed by atoms with E-state index in [-0.39, 0.29) is 12.1 Å². The Hall–Kier alpha value is -0.770. The van der Waals surface area contributed by atoms with Crippen LogP contribution in [0.25, 0.3) is 0 Å². The van der Waals surface area contributed by atoms with Crippen LogP contribution in [0.2, 0.25) is 0 Å². The van der Waals surface area contributed by atoms with E-state index in [4.69, 9.17) is 4.74 Å². The molecular formula is C12H24N2O2. The molecule has 0 aromatic carbocycles. The van der Waals surface area contributed by atoms with Crippen molar-refractivity contribution in [1.82, 2.24) is 10.6 Å². The fraction of sp³-hybridized carbons (Fsp3) is 0.917. The number of amides is 2. The van der Waals surface area contributed by atoms with Crippen molar-refractivity contribution >= 4 is 6.03 Å². The van der Waals surface area contributed by atoms with Crippen molar-refractivity contribution < 1.29 is 9.53 Å². The minimum atomic E-state index is -0.0348. The molecule has 0 aromatic heterocycles. The second-order valence-corrected chi connectivity index (χ2v) is 4.49. The van der Waals surface area contributed by atoms with Gasteiger partial charge in [0.1, 0.15) is 0 Å². The first kappa shape index (κ1) is 13.3. The zero-order valence-electron chi connectivity index (χ0n) is 10.4. The third-order valence-corrected chi connectivity index (χ3v) is 3.15. The van der Waals surface area contributed by atoms with E-state index in [2.05, 4.69) is 24.5 Å². The van der Waals surface area contributed by atoms with Crippen molar-refractivity contribution in [3.8, 4) is 0 Å². The van der Waals surface area contributed by atoms with E-state index in [0.29, 0.717) is 5.92 Å². The van der Waals surface area contributed by atoms with Crippen molar-refractivity contribution in [2.24, 2.45) is 5.92 Å². The van der Waals surface area contributed by atoms with Gasteiger partial charge in [0, 0.05) is 25.8 Å². The Morgan fingerprint density at radius 2 is 2.12 bits per heavy atom. The van der Waals surface area contributed by atoms with E-state index < -0.39 is 0 Å². The first-order chi connectivity index (χ1) is 7.74. The second-order valence-electron chi connectivity index (χ2n) is 4.49. The van der Waals surface area contributed by atoms with Crippen LogP contribution in [0.4, 0.5) is 4.79 Å². The number of ether oxygens (including phenoxy) is 1. The number of nitrogens with one attached hydrogen (secondary N) is 2. The van der Waals surface area contributed by atoms with Crippen LogP contribution < -0.4 is 10.6 Å². The first-order valence-corrected chi connectivity index (χ1v) is 6.36. The Morgan fingerprint density at radius 3 is 2.75 bits per heavy atom. The van der Waals surface area contributed by atoms with E-state index in [0.717, 1.165) is 45.4 Å². The zero-order valence-corrected chi connectivity index (χ0v) is 10.4. The SMILES string of the molecule is CCCCNC(=O)NC(C)C1CCOCC1. The minimum Gasteiger partial charge on any atom is -0.381 e. The molecule has 4 heteroatoms. The molecule has 1 heterocycles. The van der Waals surface area contributed by atoms with Gasteiger partial charge in [-0.1, -0.05) is 13.3 Å². The standard InChI is InChI=1S/C12H24N2O2/c1-3-4-7-13-12(15)14-10(2)11-5-8-16-9-6-11/h10-11H,3-9H2,1-2H3,(H2,13,14,15). The topological polar surface area (TPSA) is 50.4 Å². The van der Waals surface area contributed by atoms with Gasteiger partial charge in [0.05, 0.1) is 0 Å². The Balaban J connectivity index is 2.16. The maximum Gasteiger partial charge on any atom is 0.315 e. The Bertz CT molecular complexity index is 203. The van der Waals surface area contributed by atoms with Crippen LogP contribution in [-0.4, -0.2) is 31.8 Å². The first-order valence-electron chi connectivity index (χ1n) is 6.36. The molecule has 2 amide bonds. The van der Waals surface area contributed by atoms with Crippen molar-refractivity contribution in [3.05, 3.63) is 0 Å². The molecule has 2 N–H and O–H groups in total. The van der Waals surface area contributed by atoms with Gasteiger partial charge in [0.2, 0.25) is 0 Å². The number of hydrogen-bond donors (Lipinski definition) is 2. The van der Waals surface area contributed by atoms with E-state index >= 15 is 0 Å². The third-order valence-electron chi connectivity index (χ3n) is 3.15. The summed E-state index contributed by atoms with van der Waals surface area (Å²) in [7, 11) is 0. The minimum absolute atomic E-state index is 0.0348. The molecular weight excluding hydrogens is 204 g/mol. The van der Waals surface area contributed by atoms with Crippen LogP contribution in [0, 0.1) is 5.92 Å². The number of carbonyl (C=O) groups excluding carboxylic acids is 1. The molecule has 1 saturated heterocycles. The summed E-state index contributed by atoms with van der Waals surface area (Å²) in [5, 5.41) is 5.88. The number of urea groups is 1. The summed E-state index contributed by atoms with van der Waals surface area (Å²) in [4.78, 5) is 11.5. The van der Waals surface area contributed by atoms with Crippen molar-refractivity contribution in [1.29, 1.82) is 0 Å². The summed E-state index contributed by atoms with van der Waals surface area (Å²) in [5.41, 5.74) is 0. The summed E-state index contributed by atoms with van der Waals surface area (Å²) < 4.78 is 5.31. The molecule has 0 bridgehead atoms. The van der Waals surface area contributed by atoms with Crippen molar-refractivity contribution in [2.75, 3.05) is 19.8 Å². The van der Waals surface area contributed by atoms with Gasteiger partial charge in [-0.2, -0.15) is 0 Å². The Labute approximate surface area is 98.1 Å². The van der Waals surface area contributed by atoms with Gasteiger partial charge in [0.15, 0.2) is 0 Å². The lowest BCUT2D eigenvalue weighted by molar-refractivity contribution is 0.0571. The Morgan fingerprint density at radius 1 is 1.44 bits per heavy atom. The van der Waals surface area contributed by atoms with Crippen LogP contribution >= 0.6 is 0 Å². The highest BCUT2D eigenvalue weighted by Crippen LogP contribution is 2.18. The predicted molar refractivity (Wildman–Crippen MR) is 64.4 cm³/mol. The molecule has 0 aliphatic carbocycles. The fourth-order valence-corrected chi connectivity index (χ4v) is 1.97. The number of unbranched alkanes of at least 4 members (excludes halogenated alkanes) is 1. The van der Waals surface area contributed by atoms with E-state index in [1.54, 1.807) is 0 Å². The fourth-order valence-electron chi connectivity index (χ4n) is 1.97. The largest absolute Gasteiger partial charge is 0.381 e. The molecule has 1 unspecified atom stereocenters. The van der Waals surface area contributed by atoms with Crippen molar-refractivity contribution in [3.63, 3.8) is 0 Å². The summed E-state index contributed by atoms with van der Waals surface area (Å²) in [5.74, 6) is 0.561. The lowest BCUT2D eigenvalue weighted by atomic mass is 9.93. The van der Waals surface area contributed by atoms with Gasteiger partial charge < -0.3 is 15.4 Å². The quantitative estimate of drug-likeness (QED) is 0.706. The van der Waals surface area contributed by atoms with Gasteiger partial charge in [-0.3, -0.25) is 0 Å². The molecule has 94 valence electrons. The molecule has 1 aliphatic heterocycles. The van der Waals surface area contributed by atoms with Crippen LogP contribution in [0.3, 0.4) is 0 Å². The van der Waals surface area contributed by atoms with Crippen LogP contribution in [0.5, 0.6) is 0 Å². The monoisotopic (exact) mass is 228 g/mol. The average molecular weight is 228 g/mol. The van der Waals surface area contributed by atoms with Crippen molar-refractivity contribution in [2.45, 2.75) is 45.6 Å². The van der Waals surface area contributed by atoms with E-state index in [1.165, 1.54) is 0 Å². The van der Waals surface area contributed by atoms with Gasteiger partial charge in [-0.15, -0.1) is 0 Å². The molecule has 0 saturated carbocycles. The third kappa shape index (κ3) is 4.84. The molecule has 1 aliphatic rings. The predicted octanol–water partition coefficient (Wildman–Crippen LogP) is 1.90. The summed E-state index contributed by atoms with van der Waals surface area (Å²) in [6.07, 6.45) is 4.25. The molecule has 0 spiro atoms. The summed E-state index contributed by atoms with van der Waals surface area (Å²) in [6.45, 7) is 6.62. The van der Waals surface area contributed by atoms with E-state index in [1.807, 2.05) is 0 Å². The van der Waals surface area contributed by atoms with Gasteiger partial charge in [0.25, 0.3) is 0 Å². The summed E-state index contributed by atoms with van der Waals surface area (Å²) >= 11 is 0. The number of carbonyl (C=O) groups is 1. The molecule has 0 aromatic rings. The number of rotatable bonds is 5. The second kappa shape index (κ2) is 7.49.